The number of aromatic nitrogens is 2. The number of rotatable bonds is 6. The number of urea groups is 1. The minimum absolute atomic E-state index is 0.417. The smallest absolute Gasteiger partial charge is 0.307 e. The van der Waals surface area contributed by atoms with Gasteiger partial charge >= 0.3 is 6.03 Å². The Hall–Kier alpha value is -2.34. The van der Waals surface area contributed by atoms with Gasteiger partial charge in [0.1, 0.15) is 5.15 Å². The number of unbranched alkanes of at least 4 members (excludes halogenated alkanes) is 1. The second-order valence-electron chi connectivity index (χ2n) is 5.06. The molecular weight excluding hydrogens is 314 g/mol. The van der Waals surface area contributed by atoms with Crippen LogP contribution in [0.15, 0.2) is 35.4 Å². The van der Waals surface area contributed by atoms with E-state index in [-0.39, 0.29) is 0 Å². The summed E-state index contributed by atoms with van der Waals surface area (Å²) >= 11 is 6.29. The summed E-state index contributed by atoms with van der Waals surface area (Å²) < 4.78 is 1.76. The third-order valence-electron chi connectivity index (χ3n) is 3.22. The van der Waals surface area contributed by atoms with E-state index in [4.69, 9.17) is 11.6 Å². The van der Waals surface area contributed by atoms with E-state index < -0.39 is 6.03 Å². The topological polar surface area (TPSA) is 71.3 Å². The van der Waals surface area contributed by atoms with Crippen molar-refractivity contribution < 1.29 is 4.79 Å². The molecule has 2 N–H and O–H groups in total. The number of para-hydroxylation sites is 1. The van der Waals surface area contributed by atoms with E-state index in [1.165, 1.54) is 6.21 Å². The number of hydrogen-bond acceptors (Lipinski definition) is 3. The first kappa shape index (κ1) is 17.0. The highest BCUT2D eigenvalue weighted by molar-refractivity contribution is 6.32. The van der Waals surface area contributed by atoms with Crippen molar-refractivity contribution in [2.75, 3.05) is 5.32 Å². The fourth-order valence-corrected chi connectivity index (χ4v) is 2.31. The number of hydrazone groups is 1. The molecule has 1 aromatic heterocycles. The van der Waals surface area contributed by atoms with Gasteiger partial charge < -0.3 is 5.32 Å². The summed E-state index contributed by atoms with van der Waals surface area (Å²) in [5.41, 5.74) is 4.60. The normalized spacial score (nSPS) is 10.9. The molecule has 122 valence electrons. The second-order valence-corrected chi connectivity index (χ2v) is 5.41. The number of amides is 2. The van der Waals surface area contributed by atoms with E-state index in [1.807, 2.05) is 25.1 Å². The number of carbonyl (C=O) groups is 1. The van der Waals surface area contributed by atoms with Crippen LogP contribution in [-0.2, 0) is 6.54 Å². The highest BCUT2D eigenvalue weighted by atomic mass is 35.5. The van der Waals surface area contributed by atoms with Crippen molar-refractivity contribution in [3.05, 3.63) is 46.7 Å². The maximum atomic E-state index is 11.7. The molecular formula is C16H20ClN5O. The molecule has 0 unspecified atom stereocenters. The van der Waals surface area contributed by atoms with Crippen LogP contribution in [0.25, 0.3) is 0 Å². The number of nitrogens with zero attached hydrogens (tertiary/aromatic N) is 3. The Morgan fingerprint density at radius 2 is 2.13 bits per heavy atom. The van der Waals surface area contributed by atoms with Crippen molar-refractivity contribution in [2.45, 2.75) is 33.2 Å². The van der Waals surface area contributed by atoms with Crippen molar-refractivity contribution in [3.8, 4) is 0 Å². The summed E-state index contributed by atoms with van der Waals surface area (Å²) in [7, 11) is 0. The lowest BCUT2D eigenvalue weighted by molar-refractivity contribution is 0.252. The zero-order valence-corrected chi connectivity index (χ0v) is 14.0. The lowest BCUT2D eigenvalue weighted by atomic mass is 10.3. The molecule has 7 heteroatoms. The average molecular weight is 334 g/mol. The third kappa shape index (κ3) is 4.82. The monoisotopic (exact) mass is 333 g/mol. The van der Waals surface area contributed by atoms with E-state index in [0.717, 1.165) is 25.1 Å². The van der Waals surface area contributed by atoms with Crippen LogP contribution < -0.4 is 10.7 Å². The molecule has 0 saturated carbocycles. The molecule has 2 aromatic rings. The third-order valence-corrected chi connectivity index (χ3v) is 3.62. The lowest BCUT2D eigenvalue weighted by Gasteiger charge is -2.03. The second kappa shape index (κ2) is 8.33. The number of hydrogen-bond donors (Lipinski definition) is 2. The molecule has 2 rings (SSSR count). The minimum atomic E-state index is -0.417. The molecule has 0 atom stereocenters. The van der Waals surface area contributed by atoms with Crippen LogP contribution in [0.3, 0.4) is 0 Å². The lowest BCUT2D eigenvalue weighted by Crippen LogP contribution is -2.24. The quantitative estimate of drug-likeness (QED) is 0.623. The van der Waals surface area contributed by atoms with Gasteiger partial charge in [-0.25, -0.2) is 10.2 Å². The highest BCUT2D eigenvalue weighted by Gasteiger charge is 2.11. The maximum Gasteiger partial charge on any atom is 0.339 e. The van der Waals surface area contributed by atoms with E-state index in [0.29, 0.717) is 16.4 Å². The van der Waals surface area contributed by atoms with Crippen molar-refractivity contribution in [3.63, 3.8) is 0 Å². The van der Waals surface area contributed by atoms with Gasteiger partial charge in [-0.15, -0.1) is 0 Å². The molecule has 23 heavy (non-hydrogen) atoms. The van der Waals surface area contributed by atoms with Gasteiger partial charge in [0.25, 0.3) is 0 Å². The van der Waals surface area contributed by atoms with Crippen LogP contribution in [0.5, 0.6) is 0 Å². The Morgan fingerprint density at radius 1 is 1.39 bits per heavy atom. The van der Waals surface area contributed by atoms with Gasteiger partial charge in [0.15, 0.2) is 0 Å². The van der Waals surface area contributed by atoms with E-state index in [9.17, 15) is 4.79 Å². The summed E-state index contributed by atoms with van der Waals surface area (Å²) in [5, 5.41) is 11.5. The highest BCUT2D eigenvalue weighted by Crippen LogP contribution is 2.18. The molecule has 0 radical (unpaired) electrons. The SMILES string of the molecule is CCCCn1nc(C)c(/C=N\NC(=O)Nc2ccccc2)c1Cl. The van der Waals surface area contributed by atoms with E-state index in [1.54, 1.807) is 16.8 Å². The Kier molecular flexibility index (Phi) is 6.17. The maximum absolute atomic E-state index is 11.7. The molecule has 0 bridgehead atoms. The molecule has 2 amide bonds. The Bertz CT molecular complexity index is 681. The van der Waals surface area contributed by atoms with Gasteiger partial charge in [-0.05, 0) is 25.5 Å². The van der Waals surface area contributed by atoms with Crippen molar-refractivity contribution >= 4 is 29.5 Å². The fourth-order valence-electron chi connectivity index (χ4n) is 2.01. The summed E-state index contributed by atoms with van der Waals surface area (Å²) in [6, 6.07) is 8.73. The Balaban J connectivity index is 1.95. The van der Waals surface area contributed by atoms with Crippen LogP contribution in [0.4, 0.5) is 10.5 Å². The average Bonchev–Trinajstić information content (AvgIpc) is 2.81. The summed E-state index contributed by atoms with van der Waals surface area (Å²) in [5.74, 6) is 0. The molecule has 0 aliphatic carbocycles. The predicted octanol–water partition coefficient (Wildman–Crippen LogP) is 3.80. The summed E-state index contributed by atoms with van der Waals surface area (Å²) in [4.78, 5) is 11.7. The largest absolute Gasteiger partial charge is 0.339 e. The summed E-state index contributed by atoms with van der Waals surface area (Å²) in [6.45, 7) is 4.74. The number of carbonyl (C=O) groups excluding carboxylic acids is 1. The molecule has 0 spiro atoms. The number of aryl methyl sites for hydroxylation is 2. The van der Waals surface area contributed by atoms with Gasteiger partial charge in [0.05, 0.1) is 17.5 Å². The van der Waals surface area contributed by atoms with Crippen LogP contribution in [0.2, 0.25) is 5.15 Å². The van der Waals surface area contributed by atoms with Crippen LogP contribution >= 0.6 is 11.6 Å². The Morgan fingerprint density at radius 3 is 2.83 bits per heavy atom. The van der Waals surface area contributed by atoms with Crippen LogP contribution in [-0.4, -0.2) is 22.0 Å². The minimum Gasteiger partial charge on any atom is -0.307 e. The van der Waals surface area contributed by atoms with Crippen LogP contribution in [0, 0.1) is 6.92 Å². The molecule has 0 aliphatic heterocycles. The summed E-state index contributed by atoms with van der Waals surface area (Å²) in [6.07, 6.45) is 3.59. The first-order chi connectivity index (χ1) is 11.1. The molecule has 1 aromatic carbocycles. The fraction of sp³-hybridized carbons (Fsp3) is 0.312. The van der Waals surface area contributed by atoms with E-state index in [2.05, 4.69) is 27.9 Å². The Labute approximate surface area is 140 Å². The zero-order chi connectivity index (χ0) is 16.7. The van der Waals surface area contributed by atoms with Gasteiger partial charge in [-0.1, -0.05) is 43.1 Å². The molecule has 0 saturated heterocycles. The van der Waals surface area contributed by atoms with Gasteiger partial charge in [-0.2, -0.15) is 10.2 Å². The van der Waals surface area contributed by atoms with Gasteiger partial charge in [0.2, 0.25) is 0 Å². The number of benzene rings is 1. The standard InChI is InChI=1S/C16H20ClN5O/c1-3-4-10-22-15(17)14(12(2)21-22)11-18-20-16(23)19-13-8-6-5-7-9-13/h5-9,11H,3-4,10H2,1-2H3,(H2,19,20,23)/b18-11-. The number of halogens is 1. The van der Waals surface area contributed by atoms with Crippen molar-refractivity contribution in [2.24, 2.45) is 5.10 Å². The van der Waals surface area contributed by atoms with Gasteiger partial charge in [-0.3, -0.25) is 4.68 Å². The molecule has 0 aliphatic rings. The zero-order valence-electron chi connectivity index (χ0n) is 13.2. The molecule has 1 heterocycles. The van der Waals surface area contributed by atoms with Crippen LogP contribution in [0.1, 0.15) is 31.0 Å². The molecule has 6 nitrogen and oxygen atoms in total. The predicted molar refractivity (Wildman–Crippen MR) is 93.1 cm³/mol. The first-order valence-electron chi connectivity index (χ1n) is 7.49. The molecule has 0 fully saturated rings. The number of nitrogens with one attached hydrogen (secondary N) is 2. The van der Waals surface area contributed by atoms with Gasteiger partial charge in [0, 0.05) is 12.2 Å². The van der Waals surface area contributed by atoms with Crippen molar-refractivity contribution in [1.29, 1.82) is 0 Å². The van der Waals surface area contributed by atoms with E-state index >= 15 is 0 Å². The first-order valence-corrected chi connectivity index (χ1v) is 7.87. The van der Waals surface area contributed by atoms with Crippen molar-refractivity contribution in [1.82, 2.24) is 15.2 Å². The number of anilines is 1.